The van der Waals surface area contributed by atoms with Gasteiger partial charge in [0.15, 0.2) is 0 Å². The van der Waals surface area contributed by atoms with Crippen LogP contribution in [-0.4, -0.2) is 40.9 Å². The molecule has 2 aliphatic heterocycles. The Balaban J connectivity index is 1.60. The number of carboxylic acid groups (broad SMARTS) is 1. The summed E-state index contributed by atoms with van der Waals surface area (Å²) in [5, 5.41) is 9.25. The minimum absolute atomic E-state index is 0.0154. The van der Waals surface area contributed by atoms with E-state index in [1.807, 2.05) is 0 Å². The van der Waals surface area contributed by atoms with Crippen LogP contribution in [0.25, 0.3) is 0 Å². The van der Waals surface area contributed by atoms with Gasteiger partial charge in [-0.15, -0.1) is 0 Å². The molecule has 2 bridgehead atoms. The zero-order valence-electron chi connectivity index (χ0n) is 12.5. The molecule has 0 aliphatic carbocycles. The van der Waals surface area contributed by atoms with E-state index in [0.29, 0.717) is 24.2 Å². The molecule has 0 unspecified atom stereocenters. The minimum atomic E-state index is -2.80. The summed E-state index contributed by atoms with van der Waals surface area (Å²) < 4.78 is 34.4. The van der Waals surface area contributed by atoms with Gasteiger partial charge in [0.1, 0.15) is 11.9 Å². The van der Waals surface area contributed by atoms with Gasteiger partial charge in [-0.1, -0.05) is 12.1 Å². The van der Waals surface area contributed by atoms with E-state index in [-0.39, 0.29) is 24.8 Å². The fourth-order valence-corrected chi connectivity index (χ4v) is 3.60. The van der Waals surface area contributed by atoms with E-state index >= 15 is 0 Å². The SMILES string of the molecule is O=C(O)N1[C@@H]2CC[C@H]1C[C@@H](Oc1cccc(COC(F)F)c1)C2. The maximum atomic E-state index is 12.1. The lowest BCUT2D eigenvalue weighted by Crippen LogP contribution is -2.48. The number of amides is 1. The number of rotatable bonds is 5. The average molecular weight is 327 g/mol. The molecule has 23 heavy (non-hydrogen) atoms. The number of hydrogen-bond donors (Lipinski definition) is 1. The number of alkyl halides is 2. The van der Waals surface area contributed by atoms with Crippen molar-refractivity contribution in [1.82, 2.24) is 4.90 Å². The number of nitrogens with zero attached hydrogens (tertiary/aromatic N) is 1. The number of fused-ring (bicyclic) bond motifs is 2. The quantitative estimate of drug-likeness (QED) is 0.899. The Bertz CT molecular complexity index is 555. The predicted octanol–water partition coefficient (Wildman–Crippen LogP) is 3.48. The van der Waals surface area contributed by atoms with Crippen LogP contribution in [0.3, 0.4) is 0 Å². The Morgan fingerprint density at radius 1 is 1.30 bits per heavy atom. The molecule has 7 heteroatoms. The molecule has 0 aromatic heterocycles. The number of hydrogen-bond acceptors (Lipinski definition) is 3. The molecule has 0 spiro atoms. The summed E-state index contributed by atoms with van der Waals surface area (Å²) in [4.78, 5) is 12.8. The summed E-state index contributed by atoms with van der Waals surface area (Å²) in [5.74, 6) is 0.605. The van der Waals surface area contributed by atoms with Crippen molar-refractivity contribution < 1.29 is 28.2 Å². The van der Waals surface area contributed by atoms with Crippen LogP contribution in [0, 0.1) is 0 Å². The fraction of sp³-hybridized carbons (Fsp3) is 0.562. The molecular weight excluding hydrogens is 308 g/mol. The lowest BCUT2D eigenvalue weighted by Gasteiger charge is -2.37. The highest BCUT2D eigenvalue weighted by Gasteiger charge is 2.44. The van der Waals surface area contributed by atoms with Gasteiger partial charge in [0.25, 0.3) is 0 Å². The molecule has 1 amide bonds. The molecule has 1 N–H and O–H groups in total. The Morgan fingerprint density at radius 2 is 2.00 bits per heavy atom. The van der Waals surface area contributed by atoms with Crippen LogP contribution >= 0.6 is 0 Å². The number of benzene rings is 1. The Kier molecular flexibility index (Phi) is 4.66. The zero-order chi connectivity index (χ0) is 16.4. The highest BCUT2D eigenvalue weighted by atomic mass is 19.3. The van der Waals surface area contributed by atoms with Gasteiger partial charge >= 0.3 is 12.7 Å². The number of halogens is 2. The fourth-order valence-electron chi connectivity index (χ4n) is 3.60. The highest BCUT2D eigenvalue weighted by Crippen LogP contribution is 2.37. The first-order valence-electron chi connectivity index (χ1n) is 7.69. The van der Waals surface area contributed by atoms with Crippen LogP contribution in [0.5, 0.6) is 5.75 Å². The van der Waals surface area contributed by atoms with Crippen molar-refractivity contribution >= 4 is 6.09 Å². The van der Waals surface area contributed by atoms with Crippen LogP contribution in [0.4, 0.5) is 13.6 Å². The Morgan fingerprint density at radius 3 is 2.61 bits per heavy atom. The molecule has 5 nitrogen and oxygen atoms in total. The lowest BCUT2D eigenvalue weighted by atomic mass is 10.00. The summed E-state index contributed by atoms with van der Waals surface area (Å²) >= 11 is 0. The molecule has 3 rings (SSSR count). The van der Waals surface area contributed by atoms with Gasteiger partial charge < -0.3 is 19.5 Å². The van der Waals surface area contributed by atoms with Gasteiger partial charge in [0, 0.05) is 24.9 Å². The maximum absolute atomic E-state index is 12.1. The minimum Gasteiger partial charge on any atom is -0.490 e. The second-order valence-corrected chi connectivity index (χ2v) is 6.01. The number of ether oxygens (including phenoxy) is 2. The second-order valence-electron chi connectivity index (χ2n) is 6.01. The molecule has 0 saturated carbocycles. The van der Waals surface area contributed by atoms with Gasteiger partial charge in [-0.2, -0.15) is 8.78 Å². The summed E-state index contributed by atoms with van der Waals surface area (Å²) in [6, 6.07) is 6.93. The Labute approximate surface area is 132 Å². The van der Waals surface area contributed by atoms with Gasteiger partial charge in [-0.05, 0) is 30.5 Å². The van der Waals surface area contributed by atoms with Gasteiger partial charge in [-0.25, -0.2) is 4.79 Å². The van der Waals surface area contributed by atoms with E-state index in [1.54, 1.807) is 29.2 Å². The Hall–Kier alpha value is -1.89. The normalized spacial score (nSPS) is 26.6. The molecule has 2 heterocycles. The first-order valence-corrected chi connectivity index (χ1v) is 7.69. The molecule has 126 valence electrons. The standard InChI is InChI=1S/C16H19F2NO4/c17-15(18)22-9-10-2-1-3-13(6-10)23-14-7-11-4-5-12(8-14)19(11)16(20)21/h1-3,6,11-12,14-15H,4-5,7-9H2,(H,20,21)/t11-,12+,14+. The van der Waals surface area contributed by atoms with Crippen molar-refractivity contribution in [3.8, 4) is 5.75 Å². The maximum Gasteiger partial charge on any atom is 0.407 e. The smallest absolute Gasteiger partial charge is 0.407 e. The molecule has 2 aliphatic rings. The van der Waals surface area contributed by atoms with Crippen molar-refractivity contribution in [3.05, 3.63) is 29.8 Å². The van der Waals surface area contributed by atoms with Crippen molar-refractivity contribution in [2.75, 3.05) is 0 Å². The molecule has 1 aromatic rings. The molecule has 2 saturated heterocycles. The number of carbonyl (C=O) groups is 1. The van der Waals surface area contributed by atoms with Gasteiger partial charge in [0.05, 0.1) is 6.61 Å². The lowest BCUT2D eigenvalue weighted by molar-refractivity contribution is -0.137. The van der Waals surface area contributed by atoms with E-state index in [2.05, 4.69) is 4.74 Å². The molecule has 0 radical (unpaired) electrons. The first-order chi connectivity index (χ1) is 11.0. The number of piperidine rings is 1. The van der Waals surface area contributed by atoms with E-state index in [1.165, 1.54) is 0 Å². The molecule has 2 fully saturated rings. The van der Waals surface area contributed by atoms with Crippen LogP contribution in [0.2, 0.25) is 0 Å². The summed E-state index contributed by atoms with van der Waals surface area (Å²) in [6.45, 7) is -2.96. The summed E-state index contributed by atoms with van der Waals surface area (Å²) in [5.41, 5.74) is 0.619. The van der Waals surface area contributed by atoms with Crippen LogP contribution < -0.4 is 4.74 Å². The molecular formula is C16H19F2NO4. The van der Waals surface area contributed by atoms with Gasteiger partial charge in [0.2, 0.25) is 0 Å². The molecule has 3 atom stereocenters. The summed E-state index contributed by atoms with van der Waals surface area (Å²) in [6.07, 6.45) is 2.18. The van der Waals surface area contributed by atoms with Crippen molar-refractivity contribution in [2.45, 2.75) is 57.1 Å². The predicted molar refractivity (Wildman–Crippen MR) is 77.6 cm³/mol. The van der Waals surface area contributed by atoms with Crippen LogP contribution in [-0.2, 0) is 11.3 Å². The average Bonchev–Trinajstić information content (AvgIpc) is 2.78. The van der Waals surface area contributed by atoms with E-state index in [4.69, 9.17) is 4.74 Å². The van der Waals surface area contributed by atoms with E-state index in [0.717, 1.165) is 12.8 Å². The third-order valence-corrected chi connectivity index (χ3v) is 4.49. The van der Waals surface area contributed by atoms with E-state index in [9.17, 15) is 18.7 Å². The summed E-state index contributed by atoms with van der Waals surface area (Å²) in [7, 11) is 0. The second kappa shape index (κ2) is 6.70. The third-order valence-electron chi connectivity index (χ3n) is 4.49. The van der Waals surface area contributed by atoms with Crippen LogP contribution in [0.15, 0.2) is 24.3 Å². The van der Waals surface area contributed by atoms with Crippen LogP contribution in [0.1, 0.15) is 31.2 Å². The van der Waals surface area contributed by atoms with Crippen molar-refractivity contribution in [3.63, 3.8) is 0 Å². The van der Waals surface area contributed by atoms with E-state index < -0.39 is 12.7 Å². The van der Waals surface area contributed by atoms with Gasteiger partial charge in [-0.3, -0.25) is 0 Å². The third kappa shape index (κ3) is 3.72. The zero-order valence-corrected chi connectivity index (χ0v) is 12.5. The van der Waals surface area contributed by atoms with Crippen molar-refractivity contribution in [2.24, 2.45) is 0 Å². The first kappa shape index (κ1) is 16.0. The monoisotopic (exact) mass is 327 g/mol. The topological polar surface area (TPSA) is 59.0 Å². The van der Waals surface area contributed by atoms with Crippen molar-refractivity contribution in [1.29, 1.82) is 0 Å². The highest BCUT2D eigenvalue weighted by molar-refractivity contribution is 5.66. The largest absolute Gasteiger partial charge is 0.490 e. The molecule has 1 aromatic carbocycles.